The van der Waals surface area contributed by atoms with Gasteiger partial charge in [0.25, 0.3) is 0 Å². The summed E-state index contributed by atoms with van der Waals surface area (Å²) in [5.41, 5.74) is 0. The lowest BCUT2D eigenvalue weighted by Crippen LogP contribution is -2.22. The Bertz CT molecular complexity index is 63.1. The summed E-state index contributed by atoms with van der Waals surface area (Å²) in [5.74, 6) is 0. The highest BCUT2D eigenvalue weighted by Gasteiger charge is 2.21. The predicted molar refractivity (Wildman–Crippen MR) is 32.1 cm³/mol. The fourth-order valence-electron chi connectivity index (χ4n) is 0.651. The summed E-state index contributed by atoms with van der Waals surface area (Å²) in [6.45, 7) is 1.06. The Hall–Kier alpha value is 0.170. The van der Waals surface area contributed by atoms with Crippen LogP contribution in [0.25, 0.3) is 0 Å². The molecule has 0 bridgehead atoms. The molecule has 1 saturated heterocycles. The summed E-state index contributed by atoms with van der Waals surface area (Å²) in [5, 5.41) is 20.2. The molecule has 1 heterocycles. The van der Waals surface area contributed by atoms with Gasteiger partial charge in [-0.2, -0.15) is 0 Å². The van der Waals surface area contributed by atoms with E-state index in [-0.39, 0.29) is 12.4 Å². The molecule has 1 aliphatic heterocycles. The second-order valence-electron chi connectivity index (χ2n) is 1.79. The minimum absolute atomic E-state index is 0. The molecule has 50 valence electrons. The molecular formula is C4H10ClNO2. The fraction of sp³-hybridized carbons (Fsp3) is 1.00. The Labute approximate surface area is 54.1 Å². The molecule has 3 N–H and O–H groups in total. The molecule has 8 heavy (non-hydrogen) atoms. The Morgan fingerprint density at radius 2 is 1.50 bits per heavy atom. The molecule has 2 atom stereocenters. The van der Waals surface area contributed by atoms with Crippen LogP contribution in [-0.4, -0.2) is 35.5 Å². The first kappa shape index (κ1) is 8.17. The van der Waals surface area contributed by atoms with Crippen molar-refractivity contribution in [2.24, 2.45) is 0 Å². The van der Waals surface area contributed by atoms with Crippen molar-refractivity contribution in [3.8, 4) is 0 Å². The quantitative estimate of drug-likeness (QED) is 0.393. The molecule has 0 saturated carbocycles. The number of halogens is 1. The molecule has 0 aromatic carbocycles. The number of aliphatic hydroxyl groups is 2. The Balaban J connectivity index is 0.000000490. The summed E-state index contributed by atoms with van der Waals surface area (Å²) in [7, 11) is 0. The van der Waals surface area contributed by atoms with Gasteiger partial charge in [0.2, 0.25) is 0 Å². The van der Waals surface area contributed by atoms with E-state index in [1.54, 1.807) is 0 Å². The van der Waals surface area contributed by atoms with Crippen molar-refractivity contribution < 1.29 is 10.2 Å². The van der Waals surface area contributed by atoms with Crippen LogP contribution >= 0.6 is 12.4 Å². The van der Waals surface area contributed by atoms with Crippen LogP contribution in [0, 0.1) is 0 Å². The van der Waals surface area contributed by atoms with Gasteiger partial charge in [0, 0.05) is 13.1 Å². The molecule has 1 unspecified atom stereocenters. The van der Waals surface area contributed by atoms with Gasteiger partial charge in [0.1, 0.15) is 0 Å². The monoisotopic (exact) mass is 139 g/mol. The molecule has 0 spiro atoms. The van der Waals surface area contributed by atoms with Gasteiger partial charge >= 0.3 is 0 Å². The van der Waals surface area contributed by atoms with Gasteiger partial charge in [-0.05, 0) is 0 Å². The van der Waals surface area contributed by atoms with E-state index in [9.17, 15) is 0 Å². The molecule has 0 aromatic heterocycles. The number of hydrogen-bond donors (Lipinski definition) is 3. The zero-order chi connectivity index (χ0) is 5.28. The number of aliphatic hydroxyl groups excluding tert-OH is 2. The summed E-state index contributed by atoms with van der Waals surface area (Å²) in [6, 6.07) is 0. The van der Waals surface area contributed by atoms with Crippen LogP contribution in [0.4, 0.5) is 0 Å². The molecule has 4 heteroatoms. The van der Waals surface area contributed by atoms with Gasteiger partial charge in [0.15, 0.2) is 0 Å². The number of β-amino-alcohol motifs (C(OH)–C–C–N with tert-alkyl or cyclic N) is 2. The summed E-state index contributed by atoms with van der Waals surface area (Å²) in [6.07, 6.45) is -1.08. The molecular weight excluding hydrogens is 130 g/mol. The van der Waals surface area contributed by atoms with Crippen LogP contribution in [0.2, 0.25) is 0 Å². The van der Waals surface area contributed by atoms with E-state index in [1.807, 2.05) is 0 Å². The van der Waals surface area contributed by atoms with Crippen molar-refractivity contribution in [3.05, 3.63) is 0 Å². The fourth-order valence-corrected chi connectivity index (χ4v) is 0.651. The van der Waals surface area contributed by atoms with Gasteiger partial charge in [-0.3, -0.25) is 0 Å². The van der Waals surface area contributed by atoms with Gasteiger partial charge in [-0.1, -0.05) is 0 Å². The molecule has 0 amide bonds. The first-order valence-corrected chi connectivity index (χ1v) is 2.37. The zero-order valence-electron chi connectivity index (χ0n) is 4.37. The third kappa shape index (κ3) is 1.59. The molecule has 1 fully saturated rings. The van der Waals surface area contributed by atoms with E-state index in [0.717, 1.165) is 0 Å². The number of rotatable bonds is 0. The van der Waals surface area contributed by atoms with E-state index < -0.39 is 12.2 Å². The van der Waals surface area contributed by atoms with Crippen LogP contribution in [0.3, 0.4) is 0 Å². The van der Waals surface area contributed by atoms with Crippen LogP contribution in [-0.2, 0) is 0 Å². The Morgan fingerprint density at radius 1 is 1.12 bits per heavy atom. The lowest BCUT2D eigenvalue weighted by atomic mass is 10.3. The van der Waals surface area contributed by atoms with Crippen LogP contribution < -0.4 is 5.32 Å². The van der Waals surface area contributed by atoms with Gasteiger partial charge in [0.05, 0.1) is 12.2 Å². The zero-order valence-corrected chi connectivity index (χ0v) is 5.19. The van der Waals surface area contributed by atoms with Gasteiger partial charge in [-0.25, -0.2) is 0 Å². The van der Waals surface area contributed by atoms with E-state index in [1.165, 1.54) is 0 Å². The van der Waals surface area contributed by atoms with Crippen molar-refractivity contribution >= 4 is 12.4 Å². The molecule has 0 aromatic rings. The number of nitrogens with one attached hydrogen (secondary N) is 1. The SMILES string of the molecule is Cl.OC1CNC[C@@H]1O. The minimum atomic E-state index is -0.542. The highest BCUT2D eigenvalue weighted by Crippen LogP contribution is 1.96. The second kappa shape index (κ2) is 3.25. The van der Waals surface area contributed by atoms with Crippen molar-refractivity contribution in [1.82, 2.24) is 5.32 Å². The van der Waals surface area contributed by atoms with E-state index in [4.69, 9.17) is 10.2 Å². The average molecular weight is 140 g/mol. The lowest BCUT2D eigenvalue weighted by molar-refractivity contribution is 0.0572. The van der Waals surface area contributed by atoms with Gasteiger partial charge in [-0.15, -0.1) is 12.4 Å². The molecule has 0 aliphatic carbocycles. The van der Waals surface area contributed by atoms with E-state index >= 15 is 0 Å². The van der Waals surface area contributed by atoms with Crippen LogP contribution in [0.5, 0.6) is 0 Å². The standard InChI is InChI=1S/C4H9NO2.ClH/c6-3-1-5-2-4(3)7;/h3-7H,1-2H2;1H/t3-,4?;/m0./s1. The first-order chi connectivity index (χ1) is 3.30. The molecule has 1 rings (SSSR count). The maximum Gasteiger partial charge on any atom is 0.0935 e. The van der Waals surface area contributed by atoms with Crippen molar-refractivity contribution in [1.29, 1.82) is 0 Å². The third-order valence-electron chi connectivity index (χ3n) is 1.15. The van der Waals surface area contributed by atoms with Crippen LogP contribution in [0.1, 0.15) is 0 Å². The average Bonchev–Trinajstić information content (AvgIpc) is 1.91. The van der Waals surface area contributed by atoms with Crippen molar-refractivity contribution in [2.45, 2.75) is 12.2 Å². The lowest BCUT2D eigenvalue weighted by Gasteiger charge is -2.01. The van der Waals surface area contributed by atoms with Gasteiger partial charge < -0.3 is 15.5 Å². The van der Waals surface area contributed by atoms with Crippen LogP contribution in [0.15, 0.2) is 0 Å². The topological polar surface area (TPSA) is 52.5 Å². The van der Waals surface area contributed by atoms with Crippen molar-refractivity contribution in [2.75, 3.05) is 13.1 Å². The maximum atomic E-state index is 8.69. The summed E-state index contributed by atoms with van der Waals surface area (Å²) >= 11 is 0. The van der Waals surface area contributed by atoms with E-state index in [2.05, 4.69) is 5.32 Å². The normalized spacial score (nSPS) is 36.8. The summed E-state index contributed by atoms with van der Waals surface area (Å²) in [4.78, 5) is 0. The Morgan fingerprint density at radius 3 is 1.62 bits per heavy atom. The van der Waals surface area contributed by atoms with E-state index in [0.29, 0.717) is 13.1 Å². The minimum Gasteiger partial charge on any atom is -0.389 e. The maximum absolute atomic E-state index is 8.69. The highest BCUT2D eigenvalue weighted by molar-refractivity contribution is 5.85. The number of hydrogen-bond acceptors (Lipinski definition) is 3. The predicted octanol–water partition coefficient (Wildman–Crippen LogP) is -1.27. The molecule has 1 aliphatic rings. The first-order valence-electron chi connectivity index (χ1n) is 2.37. The summed E-state index contributed by atoms with van der Waals surface area (Å²) < 4.78 is 0. The second-order valence-corrected chi connectivity index (χ2v) is 1.79. The largest absolute Gasteiger partial charge is 0.389 e. The third-order valence-corrected chi connectivity index (χ3v) is 1.15. The molecule has 0 radical (unpaired) electrons. The smallest absolute Gasteiger partial charge is 0.0935 e. The molecule has 3 nitrogen and oxygen atoms in total. The highest BCUT2D eigenvalue weighted by atomic mass is 35.5. The van der Waals surface area contributed by atoms with Crippen molar-refractivity contribution in [3.63, 3.8) is 0 Å². The Kier molecular flexibility index (Phi) is 3.31.